The Bertz CT molecular complexity index is 335. The molecule has 0 spiro atoms. The number of nitrogens with one attached hydrogen (secondary N) is 1. The van der Waals surface area contributed by atoms with Crippen LogP contribution >= 0.6 is 0 Å². The van der Waals surface area contributed by atoms with E-state index < -0.39 is 5.60 Å². The Morgan fingerprint density at radius 3 is 2.40 bits per heavy atom. The van der Waals surface area contributed by atoms with Gasteiger partial charge in [-0.15, -0.1) is 0 Å². The summed E-state index contributed by atoms with van der Waals surface area (Å²) in [6, 6.07) is 1.09. The number of hydrogen-bond donors (Lipinski definition) is 1. The van der Waals surface area contributed by atoms with Gasteiger partial charge in [0, 0.05) is 31.7 Å². The van der Waals surface area contributed by atoms with E-state index in [1.54, 1.807) is 0 Å². The Kier molecular flexibility index (Phi) is 4.91. The van der Waals surface area contributed by atoms with Gasteiger partial charge in [-0.1, -0.05) is 0 Å². The van der Waals surface area contributed by atoms with Gasteiger partial charge >= 0.3 is 6.09 Å². The third-order valence-electron chi connectivity index (χ3n) is 4.11. The van der Waals surface area contributed by atoms with Crippen LogP contribution in [0.25, 0.3) is 0 Å². The molecule has 0 aromatic carbocycles. The lowest BCUT2D eigenvalue weighted by Gasteiger charge is -2.45. The van der Waals surface area contributed by atoms with Crippen LogP contribution < -0.4 is 5.32 Å². The molecule has 0 radical (unpaired) electrons. The summed E-state index contributed by atoms with van der Waals surface area (Å²) in [5.41, 5.74) is -0.410. The van der Waals surface area contributed by atoms with Crippen molar-refractivity contribution in [3.8, 4) is 0 Å². The molecule has 1 atom stereocenters. The molecule has 2 aliphatic rings. The predicted molar refractivity (Wildman–Crippen MR) is 79.9 cm³/mol. The number of piperazine rings is 1. The zero-order chi connectivity index (χ0) is 14.8. The molecule has 0 aliphatic carbocycles. The molecule has 5 heteroatoms. The highest BCUT2D eigenvalue weighted by atomic mass is 16.6. The average molecular weight is 283 g/mol. The lowest BCUT2D eigenvalue weighted by Crippen LogP contribution is -2.58. The molecule has 2 saturated heterocycles. The van der Waals surface area contributed by atoms with Gasteiger partial charge in [-0.25, -0.2) is 4.79 Å². The molecule has 0 bridgehead atoms. The largest absolute Gasteiger partial charge is 0.444 e. The van der Waals surface area contributed by atoms with Gasteiger partial charge in [0.2, 0.25) is 0 Å². The van der Waals surface area contributed by atoms with Crippen molar-refractivity contribution in [2.24, 2.45) is 0 Å². The SMILES string of the molecule is CC1CN(C(=O)OC(C)(C)C)CCN1C1CCNCC1. The third kappa shape index (κ3) is 4.09. The average Bonchev–Trinajstić information content (AvgIpc) is 2.37. The minimum Gasteiger partial charge on any atom is -0.444 e. The number of rotatable bonds is 1. The first-order valence-corrected chi connectivity index (χ1v) is 7.81. The molecular formula is C15H29N3O2. The first-order chi connectivity index (χ1) is 9.37. The zero-order valence-electron chi connectivity index (χ0n) is 13.3. The van der Waals surface area contributed by atoms with E-state index >= 15 is 0 Å². The Hall–Kier alpha value is -0.810. The van der Waals surface area contributed by atoms with Crippen molar-refractivity contribution in [1.82, 2.24) is 15.1 Å². The first kappa shape index (κ1) is 15.6. The van der Waals surface area contributed by atoms with Crippen LogP contribution in [0.15, 0.2) is 0 Å². The molecule has 116 valence electrons. The number of carbonyl (C=O) groups excluding carboxylic acids is 1. The minimum absolute atomic E-state index is 0.172. The van der Waals surface area contributed by atoms with E-state index in [1.165, 1.54) is 12.8 Å². The summed E-state index contributed by atoms with van der Waals surface area (Å²) in [4.78, 5) is 16.5. The Morgan fingerprint density at radius 2 is 1.85 bits per heavy atom. The number of ether oxygens (including phenoxy) is 1. The highest BCUT2D eigenvalue weighted by Gasteiger charge is 2.33. The van der Waals surface area contributed by atoms with Crippen molar-refractivity contribution in [1.29, 1.82) is 0 Å². The number of amides is 1. The maximum Gasteiger partial charge on any atom is 0.410 e. The molecule has 0 saturated carbocycles. The molecule has 1 amide bonds. The smallest absolute Gasteiger partial charge is 0.410 e. The van der Waals surface area contributed by atoms with Crippen LogP contribution in [-0.2, 0) is 4.74 Å². The first-order valence-electron chi connectivity index (χ1n) is 7.81. The van der Waals surface area contributed by atoms with Crippen LogP contribution in [0.3, 0.4) is 0 Å². The molecule has 2 rings (SSSR count). The van der Waals surface area contributed by atoms with Crippen LogP contribution in [0, 0.1) is 0 Å². The van der Waals surface area contributed by atoms with Crippen molar-refractivity contribution in [2.75, 3.05) is 32.7 Å². The van der Waals surface area contributed by atoms with E-state index in [9.17, 15) is 4.79 Å². The van der Waals surface area contributed by atoms with Crippen LogP contribution in [0.1, 0.15) is 40.5 Å². The summed E-state index contributed by atoms with van der Waals surface area (Å²) in [5.74, 6) is 0. The van der Waals surface area contributed by atoms with Gasteiger partial charge in [0.05, 0.1) is 0 Å². The number of nitrogens with zero attached hydrogens (tertiary/aromatic N) is 2. The van der Waals surface area contributed by atoms with Gasteiger partial charge < -0.3 is 15.0 Å². The molecule has 5 nitrogen and oxygen atoms in total. The lowest BCUT2D eigenvalue weighted by molar-refractivity contribution is -0.00491. The van der Waals surface area contributed by atoms with Crippen molar-refractivity contribution in [3.63, 3.8) is 0 Å². The van der Waals surface area contributed by atoms with E-state index in [-0.39, 0.29) is 6.09 Å². The number of hydrogen-bond acceptors (Lipinski definition) is 4. The van der Waals surface area contributed by atoms with Gasteiger partial charge in [-0.3, -0.25) is 4.90 Å². The molecule has 2 heterocycles. The fourth-order valence-corrected chi connectivity index (χ4v) is 3.14. The van der Waals surface area contributed by atoms with E-state index in [0.29, 0.717) is 12.1 Å². The highest BCUT2D eigenvalue weighted by molar-refractivity contribution is 5.68. The van der Waals surface area contributed by atoms with E-state index in [2.05, 4.69) is 17.1 Å². The summed E-state index contributed by atoms with van der Waals surface area (Å²) in [6.07, 6.45) is 2.27. The van der Waals surface area contributed by atoms with Gasteiger partial charge in [-0.2, -0.15) is 0 Å². The molecule has 2 fully saturated rings. The fraction of sp³-hybridized carbons (Fsp3) is 0.933. The van der Waals surface area contributed by atoms with Crippen LogP contribution in [0.5, 0.6) is 0 Å². The van der Waals surface area contributed by atoms with Crippen molar-refractivity contribution >= 4 is 6.09 Å². The fourth-order valence-electron chi connectivity index (χ4n) is 3.14. The highest BCUT2D eigenvalue weighted by Crippen LogP contribution is 2.20. The van der Waals surface area contributed by atoms with Crippen LogP contribution in [0.2, 0.25) is 0 Å². The second-order valence-corrected chi connectivity index (χ2v) is 6.99. The zero-order valence-corrected chi connectivity index (χ0v) is 13.3. The maximum absolute atomic E-state index is 12.1. The monoisotopic (exact) mass is 283 g/mol. The molecule has 1 N–H and O–H groups in total. The molecule has 0 aromatic rings. The standard InChI is InChI=1S/C15H29N3O2/c1-12-11-17(14(19)20-15(2,3)4)9-10-18(12)13-5-7-16-8-6-13/h12-13,16H,5-11H2,1-4H3. The third-order valence-corrected chi connectivity index (χ3v) is 4.11. The van der Waals surface area contributed by atoms with Gasteiger partial charge in [-0.05, 0) is 53.6 Å². The van der Waals surface area contributed by atoms with E-state index in [1.807, 2.05) is 25.7 Å². The van der Waals surface area contributed by atoms with E-state index in [4.69, 9.17) is 4.74 Å². The lowest BCUT2D eigenvalue weighted by atomic mass is 10.0. The Morgan fingerprint density at radius 1 is 1.20 bits per heavy atom. The predicted octanol–water partition coefficient (Wildman–Crippen LogP) is 1.68. The maximum atomic E-state index is 12.1. The molecule has 1 unspecified atom stereocenters. The quantitative estimate of drug-likeness (QED) is 0.795. The molecular weight excluding hydrogens is 254 g/mol. The minimum atomic E-state index is -0.410. The summed E-state index contributed by atoms with van der Waals surface area (Å²) in [7, 11) is 0. The number of carbonyl (C=O) groups is 1. The molecule has 2 aliphatic heterocycles. The normalized spacial score (nSPS) is 26.6. The molecule has 20 heavy (non-hydrogen) atoms. The van der Waals surface area contributed by atoms with Crippen molar-refractivity contribution in [2.45, 2.75) is 58.2 Å². The summed E-state index contributed by atoms with van der Waals surface area (Å²) >= 11 is 0. The van der Waals surface area contributed by atoms with Gasteiger partial charge in [0.25, 0.3) is 0 Å². The topological polar surface area (TPSA) is 44.8 Å². The summed E-state index contributed by atoms with van der Waals surface area (Å²) in [5, 5.41) is 3.41. The van der Waals surface area contributed by atoms with E-state index in [0.717, 1.165) is 32.7 Å². The second-order valence-electron chi connectivity index (χ2n) is 6.99. The van der Waals surface area contributed by atoms with Crippen molar-refractivity contribution < 1.29 is 9.53 Å². The summed E-state index contributed by atoms with van der Waals surface area (Å²) < 4.78 is 5.46. The van der Waals surface area contributed by atoms with Gasteiger partial charge in [0.1, 0.15) is 5.60 Å². The summed E-state index contributed by atoms with van der Waals surface area (Å²) in [6.45, 7) is 12.7. The van der Waals surface area contributed by atoms with Crippen molar-refractivity contribution in [3.05, 3.63) is 0 Å². The van der Waals surface area contributed by atoms with Crippen LogP contribution in [0.4, 0.5) is 4.79 Å². The molecule has 0 aromatic heterocycles. The van der Waals surface area contributed by atoms with Gasteiger partial charge in [0.15, 0.2) is 0 Å². The Labute approximate surface area is 122 Å². The van der Waals surface area contributed by atoms with Crippen LogP contribution in [-0.4, -0.2) is 66.3 Å². The second kappa shape index (κ2) is 6.31. The Balaban J connectivity index is 1.86. The number of piperidine rings is 1.